The highest BCUT2D eigenvalue weighted by molar-refractivity contribution is 5.89. The van der Waals surface area contributed by atoms with Gasteiger partial charge in [-0.2, -0.15) is 0 Å². The molecule has 0 spiro atoms. The van der Waals surface area contributed by atoms with Crippen LogP contribution in [-0.4, -0.2) is 17.6 Å². The fourth-order valence-corrected chi connectivity index (χ4v) is 2.86. The summed E-state index contributed by atoms with van der Waals surface area (Å²) in [5.41, 5.74) is 10.9. The summed E-state index contributed by atoms with van der Waals surface area (Å²) in [6, 6.07) is 8.21. The maximum atomic E-state index is 11.7. The molecule has 2 aromatic rings. The summed E-state index contributed by atoms with van der Waals surface area (Å²) in [4.78, 5) is 11.7. The number of hydrogen-bond donors (Lipinski definition) is 1. The van der Waals surface area contributed by atoms with Crippen molar-refractivity contribution in [3.63, 3.8) is 0 Å². The monoisotopic (exact) mass is 270 g/mol. The Hall–Kier alpha value is -2.23. The van der Waals surface area contributed by atoms with Crippen LogP contribution in [0.15, 0.2) is 30.5 Å². The van der Waals surface area contributed by atoms with Gasteiger partial charge in [0.2, 0.25) is 0 Å². The maximum Gasteiger partial charge on any atom is 0.354 e. The Labute approximate surface area is 118 Å². The summed E-state index contributed by atoms with van der Waals surface area (Å²) in [7, 11) is 1.38. The Morgan fingerprint density at radius 1 is 1.30 bits per heavy atom. The molecule has 1 heterocycles. The molecule has 0 saturated carbocycles. The molecule has 20 heavy (non-hydrogen) atoms. The lowest BCUT2D eigenvalue weighted by molar-refractivity contribution is 0.0589. The molecule has 0 aliphatic heterocycles. The highest BCUT2D eigenvalue weighted by atomic mass is 16.5. The molecule has 1 aromatic heterocycles. The van der Waals surface area contributed by atoms with E-state index in [2.05, 4.69) is 18.2 Å². The first-order valence-electron chi connectivity index (χ1n) is 6.82. The minimum absolute atomic E-state index is 0.358. The molecule has 0 amide bonds. The summed E-state index contributed by atoms with van der Waals surface area (Å²) in [6.45, 7) is 0.634. The van der Waals surface area contributed by atoms with Gasteiger partial charge in [0.25, 0.3) is 0 Å². The molecule has 0 saturated heterocycles. The topological polar surface area (TPSA) is 57.2 Å². The number of nitrogen functional groups attached to an aromatic ring is 1. The van der Waals surface area contributed by atoms with Crippen molar-refractivity contribution >= 4 is 11.7 Å². The quantitative estimate of drug-likeness (QED) is 0.871. The molecule has 2 N–H and O–H groups in total. The van der Waals surface area contributed by atoms with Crippen molar-refractivity contribution < 1.29 is 9.53 Å². The smallest absolute Gasteiger partial charge is 0.354 e. The largest absolute Gasteiger partial charge is 0.464 e. The summed E-state index contributed by atoms with van der Waals surface area (Å²) >= 11 is 0. The van der Waals surface area contributed by atoms with Gasteiger partial charge in [0, 0.05) is 12.7 Å². The van der Waals surface area contributed by atoms with Crippen LogP contribution in [0.3, 0.4) is 0 Å². The lowest BCUT2D eigenvalue weighted by Crippen LogP contribution is -2.10. The van der Waals surface area contributed by atoms with E-state index in [1.54, 1.807) is 12.3 Å². The van der Waals surface area contributed by atoms with Crippen LogP contribution in [0.1, 0.15) is 33.6 Å². The summed E-state index contributed by atoms with van der Waals surface area (Å²) in [5.74, 6) is -0.358. The zero-order valence-corrected chi connectivity index (χ0v) is 11.6. The predicted octanol–water partition coefficient (Wildman–Crippen LogP) is 2.39. The van der Waals surface area contributed by atoms with Gasteiger partial charge in [-0.1, -0.05) is 18.2 Å². The van der Waals surface area contributed by atoms with Gasteiger partial charge in [-0.25, -0.2) is 4.79 Å². The number of aromatic nitrogens is 1. The van der Waals surface area contributed by atoms with Crippen molar-refractivity contribution in [1.29, 1.82) is 0 Å². The number of aryl methyl sites for hydroxylation is 2. The number of methoxy groups -OCH3 is 1. The lowest BCUT2D eigenvalue weighted by Gasteiger charge is -2.09. The summed E-state index contributed by atoms with van der Waals surface area (Å²) in [6.07, 6.45) is 5.35. The van der Waals surface area contributed by atoms with E-state index in [1.165, 1.54) is 36.6 Å². The second-order valence-corrected chi connectivity index (χ2v) is 5.23. The number of hydrogen-bond acceptors (Lipinski definition) is 3. The molecule has 1 aliphatic carbocycles. The molecule has 3 rings (SSSR count). The molecule has 0 radical (unpaired) electrons. The van der Waals surface area contributed by atoms with Gasteiger partial charge in [0.15, 0.2) is 0 Å². The van der Waals surface area contributed by atoms with Gasteiger partial charge in [-0.3, -0.25) is 0 Å². The van der Waals surface area contributed by atoms with Gasteiger partial charge in [-0.05, 0) is 42.0 Å². The Morgan fingerprint density at radius 3 is 2.90 bits per heavy atom. The van der Waals surface area contributed by atoms with Gasteiger partial charge >= 0.3 is 5.97 Å². The van der Waals surface area contributed by atoms with E-state index >= 15 is 0 Å². The van der Waals surface area contributed by atoms with E-state index in [4.69, 9.17) is 10.5 Å². The van der Waals surface area contributed by atoms with Crippen molar-refractivity contribution in [3.8, 4) is 0 Å². The van der Waals surface area contributed by atoms with Crippen molar-refractivity contribution in [3.05, 3.63) is 52.8 Å². The van der Waals surface area contributed by atoms with E-state index in [9.17, 15) is 4.79 Å². The zero-order valence-electron chi connectivity index (χ0n) is 11.6. The SMILES string of the molecule is COC(=O)c1cc(N)cn1Cc1ccc2c(c1)CCC2. The van der Waals surface area contributed by atoms with Gasteiger partial charge in [-0.15, -0.1) is 0 Å². The first-order chi connectivity index (χ1) is 9.67. The average Bonchev–Trinajstić information content (AvgIpc) is 3.04. The average molecular weight is 270 g/mol. The minimum Gasteiger partial charge on any atom is -0.464 e. The van der Waals surface area contributed by atoms with Crippen LogP contribution in [-0.2, 0) is 24.1 Å². The fourth-order valence-electron chi connectivity index (χ4n) is 2.86. The van der Waals surface area contributed by atoms with Gasteiger partial charge in [0.05, 0.1) is 12.8 Å². The van der Waals surface area contributed by atoms with Gasteiger partial charge in [0.1, 0.15) is 5.69 Å². The lowest BCUT2D eigenvalue weighted by atomic mass is 10.1. The number of ether oxygens (including phenoxy) is 1. The van der Waals surface area contributed by atoms with E-state index < -0.39 is 0 Å². The second-order valence-electron chi connectivity index (χ2n) is 5.23. The molecular formula is C16H18N2O2. The van der Waals surface area contributed by atoms with E-state index in [0.29, 0.717) is 17.9 Å². The van der Waals surface area contributed by atoms with Crippen LogP contribution >= 0.6 is 0 Å². The van der Waals surface area contributed by atoms with Crippen molar-refractivity contribution in [2.24, 2.45) is 0 Å². The van der Waals surface area contributed by atoms with E-state index in [1.807, 2.05) is 4.57 Å². The van der Waals surface area contributed by atoms with E-state index in [0.717, 1.165) is 6.42 Å². The number of carbonyl (C=O) groups excluding carboxylic acids is 1. The fraction of sp³-hybridized carbons (Fsp3) is 0.312. The van der Waals surface area contributed by atoms with Crippen LogP contribution in [0, 0.1) is 0 Å². The maximum absolute atomic E-state index is 11.7. The Bertz CT molecular complexity index is 658. The van der Waals surface area contributed by atoms with Crippen LogP contribution < -0.4 is 5.73 Å². The van der Waals surface area contributed by atoms with Crippen LogP contribution in [0.2, 0.25) is 0 Å². The normalized spacial score (nSPS) is 13.2. The second kappa shape index (κ2) is 5.04. The van der Waals surface area contributed by atoms with Gasteiger partial charge < -0.3 is 15.0 Å². The van der Waals surface area contributed by atoms with Crippen LogP contribution in [0.25, 0.3) is 0 Å². The number of fused-ring (bicyclic) bond motifs is 1. The summed E-state index contributed by atoms with van der Waals surface area (Å²) < 4.78 is 6.63. The number of nitrogens with two attached hydrogens (primary N) is 1. The molecule has 1 aliphatic rings. The standard InChI is InChI=1S/C16H18N2O2/c1-20-16(19)15-8-14(17)10-18(15)9-11-5-6-12-3-2-4-13(12)7-11/h5-8,10H,2-4,9,17H2,1H3. The number of nitrogens with zero attached hydrogens (tertiary/aromatic N) is 1. The molecule has 0 bridgehead atoms. The molecule has 0 fully saturated rings. The number of carbonyl (C=O) groups is 1. The van der Waals surface area contributed by atoms with Crippen LogP contribution in [0.4, 0.5) is 5.69 Å². The minimum atomic E-state index is -0.358. The molecule has 0 unspecified atom stereocenters. The third-order valence-corrected chi connectivity index (χ3v) is 3.83. The third-order valence-electron chi connectivity index (χ3n) is 3.83. The predicted molar refractivity (Wildman–Crippen MR) is 77.8 cm³/mol. The number of benzene rings is 1. The summed E-state index contributed by atoms with van der Waals surface area (Å²) in [5, 5.41) is 0. The Morgan fingerprint density at radius 2 is 2.10 bits per heavy atom. The highest BCUT2D eigenvalue weighted by Crippen LogP contribution is 2.24. The molecule has 104 valence electrons. The molecule has 1 aromatic carbocycles. The number of rotatable bonds is 3. The van der Waals surface area contributed by atoms with Crippen molar-refractivity contribution in [2.45, 2.75) is 25.8 Å². The zero-order chi connectivity index (χ0) is 14.1. The molecular weight excluding hydrogens is 252 g/mol. The van der Waals surface area contributed by atoms with Crippen LogP contribution in [0.5, 0.6) is 0 Å². The Kier molecular flexibility index (Phi) is 3.22. The highest BCUT2D eigenvalue weighted by Gasteiger charge is 2.15. The molecule has 4 heteroatoms. The van der Waals surface area contributed by atoms with Crippen molar-refractivity contribution in [2.75, 3.05) is 12.8 Å². The first-order valence-corrected chi connectivity index (χ1v) is 6.82. The first kappa shape index (κ1) is 12.8. The molecule has 0 atom stereocenters. The van der Waals surface area contributed by atoms with Crippen molar-refractivity contribution in [1.82, 2.24) is 4.57 Å². The number of esters is 1. The third kappa shape index (κ3) is 2.29. The Balaban J connectivity index is 1.89. The van der Waals surface area contributed by atoms with E-state index in [-0.39, 0.29) is 5.97 Å². The number of anilines is 1. The molecule has 4 nitrogen and oxygen atoms in total.